The van der Waals surface area contributed by atoms with E-state index in [1.165, 1.54) is 6.08 Å². The van der Waals surface area contributed by atoms with Gasteiger partial charge in [0.15, 0.2) is 0 Å². The third kappa shape index (κ3) is 6.06. The zero-order valence-electron chi connectivity index (χ0n) is 11.4. The van der Waals surface area contributed by atoms with Crippen LogP contribution in [-0.2, 0) is 4.79 Å². The predicted octanol–water partition coefficient (Wildman–Crippen LogP) is 1.99. The van der Waals surface area contributed by atoms with Crippen molar-refractivity contribution < 1.29 is 14.6 Å². The van der Waals surface area contributed by atoms with E-state index in [1.54, 1.807) is 13.2 Å². The average molecular weight is 263 g/mol. The van der Waals surface area contributed by atoms with Crippen LogP contribution >= 0.6 is 0 Å². The number of amides is 1. The summed E-state index contributed by atoms with van der Waals surface area (Å²) in [4.78, 5) is 11.5. The van der Waals surface area contributed by atoms with Gasteiger partial charge in [-0.1, -0.05) is 19.1 Å². The summed E-state index contributed by atoms with van der Waals surface area (Å²) in [6.07, 6.45) is 4.15. The molecule has 1 amide bonds. The number of aliphatic hydroxyl groups is 1. The van der Waals surface area contributed by atoms with Gasteiger partial charge in [0.25, 0.3) is 0 Å². The Morgan fingerprint density at radius 1 is 1.53 bits per heavy atom. The monoisotopic (exact) mass is 263 g/mol. The largest absolute Gasteiger partial charge is 0.497 e. The lowest BCUT2D eigenvalue weighted by Crippen LogP contribution is -2.25. The van der Waals surface area contributed by atoms with Crippen molar-refractivity contribution in [3.8, 4) is 5.75 Å². The Hall–Kier alpha value is -1.81. The summed E-state index contributed by atoms with van der Waals surface area (Å²) in [5, 5.41) is 12.1. The SMILES string of the molecule is CCC(O)CCNC(=O)/C=C/c1cccc(OC)c1. The number of nitrogens with one attached hydrogen (secondary N) is 1. The molecule has 0 aliphatic carbocycles. The normalized spacial score (nSPS) is 12.4. The molecule has 1 unspecified atom stereocenters. The molecule has 0 spiro atoms. The van der Waals surface area contributed by atoms with Crippen LogP contribution in [0.15, 0.2) is 30.3 Å². The summed E-state index contributed by atoms with van der Waals surface area (Å²) in [5.74, 6) is 0.597. The first-order valence-corrected chi connectivity index (χ1v) is 6.43. The zero-order chi connectivity index (χ0) is 14.1. The summed E-state index contributed by atoms with van der Waals surface area (Å²) in [6.45, 7) is 2.39. The third-order valence-corrected chi connectivity index (χ3v) is 2.77. The molecule has 0 fully saturated rings. The molecule has 1 aromatic rings. The van der Waals surface area contributed by atoms with Crippen molar-refractivity contribution in [1.29, 1.82) is 0 Å². The molecule has 1 aromatic carbocycles. The molecular weight excluding hydrogens is 242 g/mol. The van der Waals surface area contributed by atoms with Crippen LogP contribution in [0.3, 0.4) is 0 Å². The Bertz CT molecular complexity index is 429. The molecule has 1 atom stereocenters. The highest BCUT2D eigenvalue weighted by Crippen LogP contribution is 2.13. The van der Waals surface area contributed by atoms with E-state index in [1.807, 2.05) is 31.2 Å². The number of benzene rings is 1. The minimum Gasteiger partial charge on any atom is -0.497 e. The highest BCUT2D eigenvalue weighted by Gasteiger charge is 2.01. The van der Waals surface area contributed by atoms with Gasteiger partial charge in [-0.15, -0.1) is 0 Å². The molecule has 4 nitrogen and oxygen atoms in total. The summed E-state index contributed by atoms with van der Waals surface area (Å²) in [5.41, 5.74) is 0.906. The first-order valence-electron chi connectivity index (χ1n) is 6.43. The Morgan fingerprint density at radius 3 is 3.00 bits per heavy atom. The lowest BCUT2D eigenvalue weighted by molar-refractivity contribution is -0.116. The fourth-order valence-corrected chi connectivity index (χ4v) is 1.54. The van der Waals surface area contributed by atoms with Gasteiger partial charge in [0, 0.05) is 12.6 Å². The molecule has 0 saturated carbocycles. The molecule has 0 aromatic heterocycles. The molecule has 0 saturated heterocycles. The zero-order valence-corrected chi connectivity index (χ0v) is 11.4. The van der Waals surface area contributed by atoms with E-state index in [2.05, 4.69) is 5.32 Å². The minimum atomic E-state index is -0.345. The van der Waals surface area contributed by atoms with Crippen LogP contribution in [0.25, 0.3) is 6.08 Å². The van der Waals surface area contributed by atoms with Crippen LogP contribution in [0.4, 0.5) is 0 Å². The molecule has 0 aliphatic heterocycles. The number of aliphatic hydroxyl groups excluding tert-OH is 1. The first kappa shape index (κ1) is 15.2. The predicted molar refractivity (Wildman–Crippen MR) is 76.0 cm³/mol. The number of rotatable bonds is 7. The first-order chi connectivity index (χ1) is 9.15. The minimum absolute atomic E-state index is 0.161. The van der Waals surface area contributed by atoms with E-state index in [0.717, 1.165) is 11.3 Å². The van der Waals surface area contributed by atoms with E-state index in [9.17, 15) is 9.90 Å². The molecule has 2 N–H and O–H groups in total. The van der Waals surface area contributed by atoms with E-state index >= 15 is 0 Å². The number of carbonyl (C=O) groups is 1. The van der Waals surface area contributed by atoms with Crippen molar-refractivity contribution in [1.82, 2.24) is 5.32 Å². The van der Waals surface area contributed by atoms with Crippen LogP contribution < -0.4 is 10.1 Å². The van der Waals surface area contributed by atoms with Gasteiger partial charge in [-0.3, -0.25) is 4.79 Å². The molecule has 0 bridgehead atoms. The van der Waals surface area contributed by atoms with Crippen molar-refractivity contribution in [2.24, 2.45) is 0 Å². The summed E-state index contributed by atoms with van der Waals surface area (Å²) in [7, 11) is 1.61. The summed E-state index contributed by atoms with van der Waals surface area (Å²) in [6, 6.07) is 7.47. The van der Waals surface area contributed by atoms with Gasteiger partial charge in [-0.25, -0.2) is 0 Å². The summed E-state index contributed by atoms with van der Waals surface area (Å²) >= 11 is 0. The van der Waals surface area contributed by atoms with Gasteiger partial charge in [-0.05, 0) is 36.6 Å². The quantitative estimate of drug-likeness (QED) is 0.740. The van der Waals surface area contributed by atoms with Crippen LogP contribution in [-0.4, -0.2) is 30.8 Å². The molecular formula is C15H21NO3. The number of hydrogen-bond donors (Lipinski definition) is 2. The topological polar surface area (TPSA) is 58.6 Å². The number of ether oxygens (including phenoxy) is 1. The molecule has 0 radical (unpaired) electrons. The molecule has 104 valence electrons. The van der Waals surface area contributed by atoms with Crippen molar-refractivity contribution in [2.75, 3.05) is 13.7 Å². The van der Waals surface area contributed by atoms with Gasteiger partial charge >= 0.3 is 0 Å². The smallest absolute Gasteiger partial charge is 0.244 e. The van der Waals surface area contributed by atoms with Crippen molar-refractivity contribution in [2.45, 2.75) is 25.9 Å². The second-order valence-electron chi connectivity index (χ2n) is 4.25. The van der Waals surface area contributed by atoms with E-state index in [-0.39, 0.29) is 12.0 Å². The standard InChI is InChI=1S/C15H21NO3/c1-3-13(17)9-10-16-15(18)8-7-12-5-4-6-14(11-12)19-2/h4-8,11,13,17H,3,9-10H2,1-2H3,(H,16,18)/b8-7+. The van der Waals surface area contributed by atoms with E-state index < -0.39 is 0 Å². The third-order valence-electron chi connectivity index (χ3n) is 2.77. The van der Waals surface area contributed by atoms with Crippen LogP contribution in [0.2, 0.25) is 0 Å². The van der Waals surface area contributed by atoms with Gasteiger partial charge in [0.2, 0.25) is 5.91 Å². The maximum Gasteiger partial charge on any atom is 0.244 e. The highest BCUT2D eigenvalue weighted by molar-refractivity contribution is 5.91. The molecule has 19 heavy (non-hydrogen) atoms. The van der Waals surface area contributed by atoms with Gasteiger partial charge in [0.05, 0.1) is 13.2 Å². The summed E-state index contributed by atoms with van der Waals surface area (Å²) < 4.78 is 5.10. The van der Waals surface area contributed by atoms with Crippen molar-refractivity contribution >= 4 is 12.0 Å². The van der Waals surface area contributed by atoms with Gasteiger partial charge in [-0.2, -0.15) is 0 Å². The Kier molecular flexibility index (Phi) is 6.68. The van der Waals surface area contributed by atoms with E-state index in [4.69, 9.17) is 4.74 Å². The molecule has 1 rings (SSSR count). The Labute approximate surface area is 114 Å². The van der Waals surface area contributed by atoms with Crippen LogP contribution in [0.5, 0.6) is 5.75 Å². The molecule has 4 heteroatoms. The van der Waals surface area contributed by atoms with Crippen LogP contribution in [0, 0.1) is 0 Å². The fraction of sp³-hybridized carbons (Fsp3) is 0.400. The maximum absolute atomic E-state index is 11.5. The second kappa shape index (κ2) is 8.32. The average Bonchev–Trinajstić information content (AvgIpc) is 2.45. The lowest BCUT2D eigenvalue weighted by Gasteiger charge is -2.07. The van der Waals surface area contributed by atoms with Crippen molar-refractivity contribution in [3.05, 3.63) is 35.9 Å². The van der Waals surface area contributed by atoms with Crippen LogP contribution in [0.1, 0.15) is 25.3 Å². The molecule has 0 heterocycles. The van der Waals surface area contributed by atoms with E-state index in [0.29, 0.717) is 19.4 Å². The second-order valence-corrected chi connectivity index (χ2v) is 4.25. The Balaban J connectivity index is 2.40. The lowest BCUT2D eigenvalue weighted by atomic mass is 10.2. The number of carbonyl (C=O) groups excluding carboxylic acids is 1. The highest BCUT2D eigenvalue weighted by atomic mass is 16.5. The maximum atomic E-state index is 11.5. The number of methoxy groups -OCH3 is 1. The number of hydrogen-bond acceptors (Lipinski definition) is 3. The molecule has 0 aliphatic rings. The van der Waals surface area contributed by atoms with Gasteiger partial charge in [0.1, 0.15) is 5.75 Å². The fourth-order valence-electron chi connectivity index (χ4n) is 1.54. The Morgan fingerprint density at radius 2 is 2.32 bits per heavy atom. The van der Waals surface area contributed by atoms with Crippen molar-refractivity contribution in [3.63, 3.8) is 0 Å². The van der Waals surface area contributed by atoms with Gasteiger partial charge < -0.3 is 15.2 Å².